The topological polar surface area (TPSA) is 80.0 Å². The fourth-order valence-electron chi connectivity index (χ4n) is 4.02. The number of hydrogen-bond donors (Lipinski definition) is 2. The quantitative estimate of drug-likeness (QED) is 0.612. The van der Waals surface area contributed by atoms with Crippen molar-refractivity contribution in [3.63, 3.8) is 0 Å². The number of aromatic carboxylic acids is 1. The lowest BCUT2D eigenvalue weighted by molar-refractivity contribution is 0.0697. The van der Waals surface area contributed by atoms with E-state index in [-0.39, 0.29) is 5.56 Å². The van der Waals surface area contributed by atoms with Crippen LogP contribution in [0.25, 0.3) is 5.69 Å². The van der Waals surface area contributed by atoms with E-state index < -0.39 is 5.97 Å². The smallest absolute Gasteiger partial charge is 0.339 e. The lowest BCUT2D eigenvalue weighted by Crippen LogP contribution is -2.09. The zero-order chi connectivity index (χ0) is 20.4. The molecule has 3 aromatic rings. The number of para-hydroxylation sites is 1. The van der Waals surface area contributed by atoms with Crippen LogP contribution < -0.4 is 5.32 Å². The third kappa shape index (κ3) is 4.01. The molecule has 0 radical (unpaired) electrons. The molecule has 1 aliphatic carbocycles. The van der Waals surface area contributed by atoms with Crippen LogP contribution in [0.3, 0.4) is 0 Å². The maximum absolute atomic E-state index is 11.7. The van der Waals surface area contributed by atoms with Crippen LogP contribution in [0.1, 0.15) is 65.3 Å². The van der Waals surface area contributed by atoms with Gasteiger partial charge in [-0.25, -0.2) is 14.5 Å². The lowest BCUT2D eigenvalue weighted by Gasteiger charge is -2.19. The second-order valence-corrected chi connectivity index (χ2v) is 7.77. The standard InChI is InChI=1S/C23H26N4O2/c1-15-8-6-7-11-20(15)27-21(14-19(26-27)17-9-4-3-5-10-17)25-22-18(23(28)29)13-12-16(2)24-22/h6-8,11-14,17H,3-5,9-10H2,1-2H3,(H,24,25)(H,28,29). The number of rotatable bonds is 5. The van der Waals surface area contributed by atoms with E-state index in [2.05, 4.69) is 29.4 Å². The number of carboxylic acids is 1. The van der Waals surface area contributed by atoms with Gasteiger partial charge in [0, 0.05) is 17.7 Å². The largest absolute Gasteiger partial charge is 0.478 e. The molecule has 0 unspecified atom stereocenters. The van der Waals surface area contributed by atoms with Gasteiger partial charge in [-0.2, -0.15) is 5.10 Å². The Morgan fingerprint density at radius 3 is 2.59 bits per heavy atom. The molecule has 2 aromatic heterocycles. The third-order valence-electron chi connectivity index (χ3n) is 5.61. The van der Waals surface area contributed by atoms with Gasteiger partial charge in [-0.3, -0.25) is 0 Å². The van der Waals surface area contributed by atoms with E-state index in [1.54, 1.807) is 12.1 Å². The fraction of sp³-hybridized carbons (Fsp3) is 0.348. The fourth-order valence-corrected chi connectivity index (χ4v) is 4.02. The predicted octanol–water partition coefficient (Wildman–Crippen LogP) is 5.37. The highest BCUT2D eigenvalue weighted by Crippen LogP contribution is 2.35. The molecular formula is C23H26N4O2. The van der Waals surface area contributed by atoms with Gasteiger partial charge < -0.3 is 10.4 Å². The Labute approximate surface area is 170 Å². The Morgan fingerprint density at radius 1 is 1.10 bits per heavy atom. The zero-order valence-electron chi connectivity index (χ0n) is 16.9. The van der Waals surface area contributed by atoms with Crippen molar-refractivity contribution in [1.82, 2.24) is 14.8 Å². The second kappa shape index (κ2) is 8.07. The number of hydrogen-bond acceptors (Lipinski definition) is 4. The lowest BCUT2D eigenvalue weighted by atomic mass is 9.87. The minimum atomic E-state index is -1.01. The zero-order valence-corrected chi connectivity index (χ0v) is 16.9. The van der Waals surface area contributed by atoms with E-state index in [0.717, 1.165) is 41.3 Å². The van der Waals surface area contributed by atoms with E-state index >= 15 is 0 Å². The van der Waals surface area contributed by atoms with Crippen molar-refractivity contribution in [2.45, 2.75) is 51.9 Å². The molecule has 1 aliphatic rings. The van der Waals surface area contributed by atoms with Crippen molar-refractivity contribution in [3.8, 4) is 5.69 Å². The first-order valence-electron chi connectivity index (χ1n) is 10.2. The Hall–Kier alpha value is -3.15. The molecule has 1 fully saturated rings. The van der Waals surface area contributed by atoms with Gasteiger partial charge in [-0.15, -0.1) is 0 Å². The number of anilines is 2. The van der Waals surface area contributed by atoms with E-state index in [9.17, 15) is 9.90 Å². The highest BCUT2D eigenvalue weighted by Gasteiger charge is 2.22. The van der Waals surface area contributed by atoms with Crippen LogP contribution in [-0.2, 0) is 0 Å². The number of nitrogens with zero attached hydrogens (tertiary/aromatic N) is 3. The molecule has 2 heterocycles. The Morgan fingerprint density at radius 2 is 1.86 bits per heavy atom. The summed E-state index contributed by atoms with van der Waals surface area (Å²) >= 11 is 0. The van der Waals surface area contributed by atoms with Crippen LogP contribution in [0.5, 0.6) is 0 Å². The number of aromatic nitrogens is 3. The summed E-state index contributed by atoms with van der Waals surface area (Å²) < 4.78 is 1.88. The molecule has 6 nitrogen and oxygen atoms in total. The van der Waals surface area contributed by atoms with Crippen LogP contribution >= 0.6 is 0 Å². The summed E-state index contributed by atoms with van der Waals surface area (Å²) in [5.41, 5.74) is 4.03. The first kappa shape index (κ1) is 19.2. The van der Waals surface area contributed by atoms with Crippen LogP contribution in [0.2, 0.25) is 0 Å². The Bertz CT molecular complexity index is 1040. The molecule has 1 aromatic carbocycles. The molecule has 29 heavy (non-hydrogen) atoms. The number of benzene rings is 1. The predicted molar refractivity (Wildman–Crippen MR) is 113 cm³/mol. The van der Waals surface area contributed by atoms with Gasteiger partial charge in [-0.05, 0) is 50.5 Å². The molecule has 0 spiro atoms. The maximum atomic E-state index is 11.7. The molecule has 0 bridgehead atoms. The summed E-state index contributed by atoms with van der Waals surface area (Å²) in [4.78, 5) is 16.1. The molecule has 0 aliphatic heterocycles. The van der Waals surface area contributed by atoms with Crippen molar-refractivity contribution in [2.75, 3.05) is 5.32 Å². The number of carboxylic acid groups (broad SMARTS) is 1. The van der Waals surface area contributed by atoms with Gasteiger partial charge in [0.2, 0.25) is 0 Å². The van der Waals surface area contributed by atoms with Gasteiger partial charge in [0.25, 0.3) is 0 Å². The van der Waals surface area contributed by atoms with E-state index in [1.165, 1.54) is 19.3 Å². The summed E-state index contributed by atoms with van der Waals surface area (Å²) in [6.07, 6.45) is 6.04. The van der Waals surface area contributed by atoms with Gasteiger partial charge in [0.1, 0.15) is 17.2 Å². The summed E-state index contributed by atoms with van der Waals surface area (Å²) in [6, 6.07) is 13.4. The normalized spacial score (nSPS) is 14.7. The Kier molecular flexibility index (Phi) is 5.34. The highest BCUT2D eigenvalue weighted by molar-refractivity contribution is 5.93. The number of pyridine rings is 1. The van der Waals surface area contributed by atoms with Gasteiger partial charge in [-0.1, -0.05) is 37.5 Å². The first-order chi connectivity index (χ1) is 14.0. The highest BCUT2D eigenvalue weighted by atomic mass is 16.4. The molecule has 0 saturated heterocycles. The molecular weight excluding hydrogens is 364 g/mol. The third-order valence-corrected chi connectivity index (χ3v) is 5.61. The maximum Gasteiger partial charge on any atom is 0.339 e. The van der Waals surface area contributed by atoms with Crippen LogP contribution in [0.15, 0.2) is 42.5 Å². The Balaban J connectivity index is 1.79. The number of carbonyl (C=O) groups is 1. The van der Waals surface area contributed by atoms with Crippen LogP contribution in [0, 0.1) is 13.8 Å². The summed E-state index contributed by atoms with van der Waals surface area (Å²) in [6.45, 7) is 3.90. The van der Waals surface area contributed by atoms with Crippen LogP contribution in [-0.4, -0.2) is 25.8 Å². The molecule has 4 rings (SSSR count). The van der Waals surface area contributed by atoms with Gasteiger partial charge in [0.15, 0.2) is 0 Å². The molecule has 6 heteroatoms. The first-order valence-corrected chi connectivity index (χ1v) is 10.2. The minimum absolute atomic E-state index is 0.146. The SMILES string of the molecule is Cc1ccc(C(=O)O)c(Nc2cc(C3CCCCC3)nn2-c2ccccc2C)n1. The molecule has 1 saturated carbocycles. The van der Waals surface area contributed by atoms with E-state index in [4.69, 9.17) is 5.10 Å². The molecule has 2 N–H and O–H groups in total. The monoisotopic (exact) mass is 390 g/mol. The summed E-state index contributed by atoms with van der Waals surface area (Å²) in [5.74, 6) is 0.511. The van der Waals surface area contributed by atoms with Gasteiger partial charge >= 0.3 is 5.97 Å². The second-order valence-electron chi connectivity index (χ2n) is 7.77. The van der Waals surface area contributed by atoms with Gasteiger partial charge in [0.05, 0.1) is 11.4 Å². The average molecular weight is 390 g/mol. The number of aryl methyl sites for hydroxylation is 2. The van der Waals surface area contributed by atoms with Crippen molar-refractivity contribution in [2.24, 2.45) is 0 Å². The molecule has 0 atom stereocenters. The van der Waals surface area contributed by atoms with Crippen molar-refractivity contribution >= 4 is 17.6 Å². The summed E-state index contributed by atoms with van der Waals surface area (Å²) in [7, 11) is 0. The average Bonchev–Trinajstić information content (AvgIpc) is 3.12. The van der Waals surface area contributed by atoms with Crippen molar-refractivity contribution < 1.29 is 9.90 Å². The summed E-state index contributed by atoms with van der Waals surface area (Å²) in [5, 5.41) is 17.8. The van der Waals surface area contributed by atoms with E-state index in [1.807, 2.05) is 29.8 Å². The molecule has 150 valence electrons. The minimum Gasteiger partial charge on any atom is -0.478 e. The van der Waals surface area contributed by atoms with E-state index in [0.29, 0.717) is 11.7 Å². The van der Waals surface area contributed by atoms with Crippen molar-refractivity contribution in [1.29, 1.82) is 0 Å². The van der Waals surface area contributed by atoms with Crippen molar-refractivity contribution in [3.05, 3.63) is 65.0 Å². The number of nitrogens with one attached hydrogen (secondary N) is 1. The molecule has 0 amide bonds. The van der Waals surface area contributed by atoms with Crippen LogP contribution in [0.4, 0.5) is 11.6 Å².